The average molecular weight is 248 g/mol. The van der Waals surface area contributed by atoms with Crippen molar-refractivity contribution in [2.45, 2.75) is 6.92 Å². The van der Waals surface area contributed by atoms with Crippen molar-refractivity contribution in [3.63, 3.8) is 0 Å². The lowest BCUT2D eigenvalue weighted by molar-refractivity contribution is -0.384. The van der Waals surface area contributed by atoms with Gasteiger partial charge in [-0.3, -0.25) is 10.1 Å². The maximum atomic E-state index is 10.9. The van der Waals surface area contributed by atoms with E-state index in [2.05, 4.69) is 5.10 Å². The summed E-state index contributed by atoms with van der Waals surface area (Å²) < 4.78 is 6.41. The van der Waals surface area contributed by atoms with E-state index in [-0.39, 0.29) is 17.2 Å². The Balaban J connectivity index is 2.57. The van der Waals surface area contributed by atoms with Crippen molar-refractivity contribution in [1.82, 2.24) is 9.78 Å². The molecule has 0 aliphatic heterocycles. The number of aromatic nitrogens is 2. The quantitative estimate of drug-likeness (QED) is 0.658. The number of anilines is 1. The number of nitrogens with two attached hydrogens (primary N) is 1. The number of hydrogen-bond donors (Lipinski definition) is 1. The molecule has 1 aromatic heterocycles. The van der Waals surface area contributed by atoms with Crippen LogP contribution in [0.25, 0.3) is 5.69 Å². The van der Waals surface area contributed by atoms with Crippen LogP contribution >= 0.6 is 0 Å². The number of nitrogen functional groups attached to an aromatic ring is 1. The molecule has 0 fully saturated rings. The molecule has 0 bridgehead atoms. The summed E-state index contributed by atoms with van der Waals surface area (Å²) in [5.74, 6) is 0.633. The molecule has 0 spiro atoms. The minimum Gasteiger partial charge on any atom is -0.497 e. The van der Waals surface area contributed by atoms with Crippen molar-refractivity contribution in [3.8, 4) is 11.4 Å². The van der Waals surface area contributed by atoms with Gasteiger partial charge in [0.15, 0.2) is 0 Å². The summed E-state index contributed by atoms with van der Waals surface area (Å²) >= 11 is 0. The van der Waals surface area contributed by atoms with Crippen LogP contribution in [0.3, 0.4) is 0 Å². The molecule has 0 unspecified atom stereocenters. The van der Waals surface area contributed by atoms with E-state index in [0.29, 0.717) is 11.4 Å². The van der Waals surface area contributed by atoms with Gasteiger partial charge in [-0.1, -0.05) is 6.07 Å². The maximum Gasteiger partial charge on any atom is 0.333 e. The summed E-state index contributed by atoms with van der Waals surface area (Å²) in [6.45, 7) is 1.55. The summed E-state index contributed by atoms with van der Waals surface area (Å²) in [5, 5.41) is 14.9. The number of aryl methyl sites for hydroxylation is 1. The third-order valence-electron chi connectivity index (χ3n) is 2.54. The first-order valence-corrected chi connectivity index (χ1v) is 5.18. The molecule has 94 valence electrons. The fraction of sp³-hybridized carbons (Fsp3) is 0.182. The lowest BCUT2D eigenvalue weighted by Crippen LogP contribution is -2.03. The van der Waals surface area contributed by atoms with E-state index in [0.717, 1.165) is 0 Å². The molecule has 2 N–H and O–H groups in total. The van der Waals surface area contributed by atoms with Gasteiger partial charge in [0.1, 0.15) is 11.4 Å². The second-order valence-electron chi connectivity index (χ2n) is 3.69. The molecule has 0 saturated carbocycles. The summed E-state index contributed by atoms with van der Waals surface area (Å²) in [4.78, 5) is 10.3. The highest BCUT2D eigenvalue weighted by Crippen LogP contribution is 2.28. The maximum absolute atomic E-state index is 10.9. The molecule has 1 heterocycles. The van der Waals surface area contributed by atoms with Crippen molar-refractivity contribution in [3.05, 3.63) is 40.1 Å². The summed E-state index contributed by atoms with van der Waals surface area (Å²) in [5.41, 5.74) is 6.47. The Morgan fingerprint density at radius 1 is 1.50 bits per heavy atom. The highest BCUT2D eigenvalue weighted by molar-refractivity contribution is 5.60. The van der Waals surface area contributed by atoms with E-state index in [9.17, 15) is 10.1 Å². The molecule has 7 nitrogen and oxygen atoms in total. The van der Waals surface area contributed by atoms with Crippen molar-refractivity contribution >= 4 is 11.5 Å². The van der Waals surface area contributed by atoms with Gasteiger partial charge in [-0.2, -0.15) is 5.10 Å². The Bertz CT molecular complexity index is 606. The summed E-state index contributed by atoms with van der Waals surface area (Å²) in [6, 6.07) is 6.97. The van der Waals surface area contributed by atoms with Crippen molar-refractivity contribution in [1.29, 1.82) is 0 Å². The Labute approximate surface area is 103 Å². The summed E-state index contributed by atoms with van der Waals surface area (Å²) in [6.07, 6.45) is 0. The zero-order valence-corrected chi connectivity index (χ0v) is 9.95. The average Bonchev–Trinajstić information content (AvgIpc) is 2.65. The lowest BCUT2D eigenvalue weighted by atomic mass is 10.3. The van der Waals surface area contributed by atoms with Crippen molar-refractivity contribution < 1.29 is 9.66 Å². The van der Waals surface area contributed by atoms with Crippen LogP contribution in [0.2, 0.25) is 0 Å². The van der Waals surface area contributed by atoms with E-state index in [4.69, 9.17) is 10.5 Å². The zero-order chi connectivity index (χ0) is 13.3. The van der Waals surface area contributed by atoms with Gasteiger partial charge in [0, 0.05) is 6.07 Å². The van der Waals surface area contributed by atoms with Crippen LogP contribution < -0.4 is 10.5 Å². The van der Waals surface area contributed by atoms with Crippen LogP contribution in [0, 0.1) is 17.0 Å². The molecule has 2 aromatic rings. The molecule has 2 rings (SSSR count). The molecule has 0 saturated heterocycles. The van der Waals surface area contributed by atoms with Crippen molar-refractivity contribution in [2.75, 3.05) is 12.8 Å². The standard InChI is InChI=1S/C11H12N4O3/c1-7-10(15(16)17)11(12)14(13-7)8-4-3-5-9(6-8)18-2/h3-6H,12H2,1-2H3. The molecule has 0 radical (unpaired) electrons. The fourth-order valence-corrected chi connectivity index (χ4v) is 1.70. The third-order valence-corrected chi connectivity index (χ3v) is 2.54. The molecule has 18 heavy (non-hydrogen) atoms. The van der Waals surface area contributed by atoms with Crippen LogP contribution in [0.5, 0.6) is 5.75 Å². The number of nitro groups is 1. The van der Waals surface area contributed by atoms with Crippen LogP contribution in [-0.2, 0) is 0 Å². The number of nitrogens with zero attached hydrogens (tertiary/aromatic N) is 3. The number of methoxy groups -OCH3 is 1. The second kappa shape index (κ2) is 4.36. The molecule has 7 heteroatoms. The molecule has 0 atom stereocenters. The van der Waals surface area contributed by atoms with Gasteiger partial charge in [-0.25, -0.2) is 4.68 Å². The Morgan fingerprint density at radius 3 is 2.78 bits per heavy atom. The van der Waals surface area contributed by atoms with E-state index in [1.165, 1.54) is 4.68 Å². The van der Waals surface area contributed by atoms with E-state index >= 15 is 0 Å². The minimum absolute atomic E-state index is 0.00533. The van der Waals surface area contributed by atoms with Crippen LogP contribution in [0.1, 0.15) is 5.69 Å². The molecule has 0 amide bonds. The van der Waals surface area contributed by atoms with Crippen LogP contribution in [0.4, 0.5) is 11.5 Å². The molecular weight excluding hydrogens is 236 g/mol. The predicted octanol–water partition coefficient (Wildman–Crippen LogP) is 1.68. The molecule has 0 aliphatic carbocycles. The smallest absolute Gasteiger partial charge is 0.333 e. The van der Waals surface area contributed by atoms with Gasteiger partial charge < -0.3 is 10.5 Å². The fourth-order valence-electron chi connectivity index (χ4n) is 1.70. The SMILES string of the molecule is COc1cccc(-n2nc(C)c([N+](=O)[O-])c2N)c1. The topological polar surface area (TPSA) is 96.2 Å². The number of rotatable bonds is 3. The lowest BCUT2D eigenvalue weighted by Gasteiger charge is -2.05. The second-order valence-corrected chi connectivity index (χ2v) is 3.69. The van der Waals surface area contributed by atoms with Gasteiger partial charge in [0.25, 0.3) is 0 Å². The normalized spacial score (nSPS) is 10.3. The number of hydrogen-bond acceptors (Lipinski definition) is 5. The van der Waals surface area contributed by atoms with Crippen LogP contribution in [-0.4, -0.2) is 21.8 Å². The first-order chi connectivity index (χ1) is 8.54. The van der Waals surface area contributed by atoms with E-state index < -0.39 is 4.92 Å². The van der Waals surface area contributed by atoms with Crippen molar-refractivity contribution in [2.24, 2.45) is 0 Å². The zero-order valence-electron chi connectivity index (χ0n) is 9.95. The van der Waals surface area contributed by atoms with Crippen LogP contribution in [0.15, 0.2) is 24.3 Å². The first-order valence-electron chi connectivity index (χ1n) is 5.18. The Morgan fingerprint density at radius 2 is 2.22 bits per heavy atom. The highest BCUT2D eigenvalue weighted by atomic mass is 16.6. The monoisotopic (exact) mass is 248 g/mol. The van der Waals surface area contributed by atoms with Gasteiger partial charge in [0.2, 0.25) is 5.82 Å². The number of benzene rings is 1. The number of ether oxygens (including phenoxy) is 1. The van der Waals surface area contributed by atoms with Gasteiger partial charge in [-0.15, -0.1) is 0 Å². The third kappa shape index (κ3) is 1.86. The van der Waals surface area contributed by atoms with Gasteiger partial charge in [-0.05, 0) is 19.1 Å². The van der Waals surface area contributed by atoms with Gasteiger partial charge in [0.05, 0.1) is 17.7 Å². The van der Waals surface area contributed by atoms with Gasteiger partial charge >= 0.3 is 5.69 Å². The van der Waals surface area contributed by atoms with E-state index in [1.807, 2.05) is 0 Å². The first kappa shape index (κ1) is 11.9. The van der Waals surface area contributed by atoms with E-state index in [1.54, 1.807) is 38.3 Å². The predicted molar refractivity (Wildman–Crippen MR) is 65.9 cm³/mol. The Kier molecular flexibility index (Phi) is 2.88. The molecular formula is C11H12N4O3. The largest absolute Gasteiger partial charge is 0.497 e. The minimum atomic E-state index is -0.533. The molecule has 1 aromatic carbocycles. The molecule has 0 aliphatic rings. The highest BCUT2D eigenvalue weighted by Gasteiger charge is 2.23. The Hall–Kier alpha value is -2.57. The summed E-state index contributed by atoms with van der Waals surface area (Å²) in [7, 11) is 1.54.